The minimum absolute atomic E-state index is 0.189. The highest BCUT2D eigenvalue weighted by Crippen LogP contribution is 2.47. The summed E-state index contributed by atoms with van der Waals surface area (Å²) in [6.45, 7) is 7.65. The average molecular weight is 495 g/mol. The van der Waals surface area contributed by atoms with Gasteiger partial charge in [-0.1, -0.05) is 36.7 Å². The first-order valence-corrected chi connectivity index (χ1v) is 12.5. The zero-order valence-corrected chi connectivity index (χ0v) is 21.7. The van der Waals surface area contributed by atoms with Gasteiger partial charge in [0.2, 0.25) is 23.2 Å². The van der Waals surface area contributed by atoms with Crippen molar-refractivity contribution in [2.75, 3.05) is 24.9 Å². The molecule has 1 unspecified atom stereocenters. The van der Waals surface area contributed by atoms with E-state index in [0.29, 0.717) is 39.5 Å². The van der Waals surface area contributed by atoms with Gasteiger partial charge in [-0.2, -0.15) is 4.98 Å². The fourth-order valence-corrected chi connectivity index (χ4v) is 5.07. The molecule has 1 aromatic heterocycles. The van der Waals surface area contributed by atoms with Crippen molar-refractivity contribution in [1.82, 2.24) is 15.2 Å². The molecule has 0 N–H and O–H groups in total. The molecule has 1 atom stereocenters. The number of methoxy groups -OCH3 is 2. The van der Waals surface area contributed by atoms with E-state index < -0.39 is 6.23 Å². The molecule has 2 heterocycles. The normalized spacial score (nSPS) is 14.5. The van der Waals surface area contributed by atoms with Gasteiger partial charge in [0.15, 0.2) is 5.69 Å². The number of hydrogen-bond donors (Lipinski definition) is 0. The molecule has 184 valence electrons. The van der Waals surface area contributed by atoms with Gasteiger partial charge in [0.05, 0.1) is 25.5 Å². The summed E-state index contributed by atoms with van der Waals surface area (Å²) in [6, 6.07) is 9.45. The number of fused-ring (bicyclic) bond motifs is 3. The van der Waals surface area contributed by atoms with Crippen LogP contribution in [0.2, 0.25) is 0 Å². The lowest BCUT2D eigenvalue weighted by atomic mass is 10.00. The molecule has 0 bridgehead atoms. The first kappa shape index (κ1) is 24.8. The van der Waals surface area contributed by atoms with Crippen LogP contribution in [0, 0.1) is 13.8 Å². The van der Waals surface area contributed by atoms with E-state index in [9.17, 15) is 4.79 Å². The number of amides is 1. The number of benzene rings is 2. The molecule has 1 aliphatic heterocycles. The van der Waals surface area contributed by atoms with Gasteiger partial charge in [0.25, 0.3) is 0 Å². The Kier molecular flexibility index (Phi) is 7.45. The predicted octanol–water partition coefficient (Wildman–Crippen LogP) is 5.51. The van der Waals surface area contributed by atoms with E-state index in [0.717, 1.165) is 35.3 Å². The van der Waals surface area contributed by atoms with Crippen LogP contribution in [0.1, 0.15) is 49.6 Å². The summed E-state index contributed by atoms with van der Waals surface area (Å²) in [4.78, 5) is 19.6. The fourth-order valence-electron chi connectivity index (χ4n) is 4.21. The number of aryl methyl sites for hydroxylation is 2. The van der Waals surface area contributed by atoms with Crippen LogP contribution >= 0.6 is 11.8 Å². The Morgan fingerprint density at radius 1 is 1.14 bits per heavy atom. The van der Waals surface area contributed by atoms with E-state index in [1.165, 1.54) is 6.92 Å². The molecular weight excluding hydrogens is 464 g/mol. The Morgan fingerprint density at radius 3 is 2.63 bits per heavy atom. The van der Waals surface area contributed by atoms with Gasteiger partial charge in [-0.3, -0.25) is 9.69 Å². The smallest absolute Gasteiger partial charge is 0.247 e. The van der Waals surface area contributed by atoms with E-state index in [4.69, 9.17) is 19.2 Å². The average Bonchev–Trinajstić information content (AvgIpc) is 2.98. The first-order chi connectivity index (χ1) is 16.9. The van der Waals surface area contributed by atoms with Crippen LogP contribution in [0.15, 0.2) is 35.5 Å². The maximum atomic E-state index is 13.2. The summed E-state index contributed by atoms with van der Waals surface area (Å²) in [5, 5.41) is 9.43. The molecule has 0 spiro atoms. The summed E-state index contributed by atoms with van der Waals surface area (Å²) < 4.78 is 17.6. The quantitative estimate of drug-likeness (QED) is 0.314. The summed E-state index contributed by atoms with van der Waals surface area (Å²) in [5.41, 5.74) is 4.56. The van der Waals surface area contributed by atoms with Crippen LogP contribution < -0.4 is 19.1 Å². The van der Waals surface area contributed by atoms with Gasteiger partial charge >= 0.3 is 0 Å². The number of aromatic nitrogens is 3. The number of unbranched alkanes of at least 4 members (excludes halogenated alkanes) is 1. The maximum absolute atomic E-state index is 13.2. The highest BCUT2D eigenvalue weighted by Gasteiger charge is 2.37. The van der Waals surface area contributed by atoms with Crippen LogP contribution in [-0.4, -0.2) is 41.1 Å². The van der Waals surface area contributed by atoms with E-state index in [1.807, 2.05) is 32.0 Å². The van der Waals surface area contributed by atoms with Crippen LogP contribution in [-0.2, 0) is 4.79 Å². The first-order valence-electron chi connectivity index (χ1n) is 11.5. The lowest BCUT2D eigenvalue weighted by molar-refractivity contribution is -0.118. The zero-order chi connectivity index (χ0) is 25.1. The van der Waals surface area contributed by atoms with Crippen molar-refractivity contribution in [2.45, 2.75) is 51.9 Å². The predicted molar refractivity (Wildman–Crippen MR) is 136 cm³/mol. The number of hydrogen-bond acceptors (Lipinski definition) is 8. The summed E-state index contributed by atoms with van der Waals surface area (Å²) in [7, 11) is 3.18. The number of rotatable bonds is 7. The Balaban J connectivity index is 1.97. The van der Waals surface area contributed by atoms with Crippen molar-refractivity contribution in [3.8, 4) is 28.6 Å². The number of ether oxygens (including phenoxy) is 3. The number of nitrogens with zero attached hydrogens (tertiary/aromatic N) is 4. The van der Waals surface area contributed by atoms with Crippen LogP contribution in [0.25, 0.3) is 11.3 Å². The van der Waals surface area contributed by atoms with Gasteiger partial charge in [0, 0.05) is 18.2 Å². The molecule has 1 aliphatic rings. The SMILES string of the molecule is CCCCSc1nnc2c(n1)OC(c1cc(OC)ccc1OC)N(C(C)=O)c1c(C)cc(C)cc1-2. The number of thioether (sulfide) groups is 1. The zero-order valence-electron chi connectivity index (χ0n) is 20.9. The lowest BCUT2D eigenvalue weighted by Crippen LogP contribution is -2.36. The molecule has 8 nitrogen and oxygen atoms in total. The third-order valence-corrected chi connectivity index (χ3v) is 6.73. The topological polar surface area (TPSA) is 86.7 Å². The second-order valence-electron chi connectivity index (χ2n) is 8.40. The molecule has 35 heavy (non-hydrogen) atoms. The van der Waals surface area contributed by atoms with Crippen LogP contribution in [0.3, 0.4) is 0 Å². The molecule has 0 saturated carbocycles. The minimum atomic E-state index is -0.857. The van der Waals surface area contributed by atoms with Crippen molar-refractivity contribution in [3.05, 3.63) is 47.0 Å². The lowest BCUT2D eigenvalue weighted by Gasteiger charge is -2.32. The monoisotopic (exact) mass is 494 g/mol. The Morgan fingerprint density at radius 2 is 1.94 bits per heavy atom. The molecule has 4 rings (SSSR count). The second kappa shape index (κ2) is 10.5. The number of carbonyl (C=O) groups is 1. The molecular formula is C26H30N4O4S. The van der Waals surface area contributed by atoms with E-state index in [1.54, 1.807) is 43.0 Å². The highest BCUT2D eigenvalue weighted by molar-refractivity contribution is 7.99. The molecule has 0 aliphatic carbocycles. The van der Waals surface area contributed by atoms with Gasteiger partial charge in [0.1, 0.15) is 11.5 Å². The second-order valence-corrected chi connectivity index (χ2v) is 9.46. The van der Waals surface area contributed by atoms with Crippen molar-refractivity contribution >= 4 is 23.4 Å². The van der Waals surface area contributed by atoms with E-state index >= 15 is 0 Å². The van der Waals surface area contributed by atoms with E-state index in [-0.39, 0.29) is 5.91 Å². The van der Waals surface area contributed by atoms with Crippen molar-refractivity contribution in [1.29, 1.82) is 0 Å². The molecule has 1 amide bonds. The van der Waals surface area contributed by atoms with Crippen LogP contribution in [0.4, 0.5) is 5.69 Å². The van der Waals surface area contributed by atoms with Gasteiger partial charge in [-0.05, 0) is 50.1 Å². The Hall–Kier alpha value is -3.33. The van der Waals surface area contributed by atoms with Crippen molar-refractivity contribution in [2.24, 2.45) is 0 Å². The van der Waals surface area contributed by atoms with Gasteiger partial charge in [-0.25, -0.2) is 0 Å². The molecule has 0 radical (unpaired) electrons. The van der Waals surface area contributed by atoms with E-state index in [2.05, 4.69) is 17.1 Å². The standard InChI is InChI=1S/C26H30N4O4S/c1-7-8-11-35-26-27-24-22(28-29-26)20-13-15(2)12-16(3)23(20)30(17(4)31)25(34-24)19-14-18(32-5)9-10-21(19)33-6/h9-10,12-14,25H,7-8,11H2,1-6H3. The van der Waals surface area contributed by atoms with Crippen LogP contribution in [0.5, 0.6) is 17.4 Å². The number of anilines is 1. The summed E-state index contributed by atoms with van der Waals surface area (Å²) in [5.74, 6) is 2.21. The number of carbonyl (C=O) groups excluding carboxylic acids is 1. The largest absolute Gasteiger partial charge is 0.497 e. The van der Waals surface area contributed by atoms with Gasteiger partial charge in [-0.15, -0.1) is 10.2 Å². The summed E-state index contributed by atoms with van der Waals surface area (Å²) >= 11 is 1.54. The third kappa shape index (κ3) is 4.91. The summed E-state index contributed by atoms with van der Waals surface area (Å²) in [6.07, 6.45) is 1.28. The fraction of sp³-hybridized carbons (Fsp3) is 0.385. The Bertz CT molecular complexity index is 1250. The molecule has 3 aromatic rings. The third-order valence-electron chi connectivity index (χ3n) is 5.81. The molecule has 9 heteroatoms. The maximum Gasteiger partial charge on any atom is 0.247 e. The molecule has 0 fully saturated rings. The minimum Gasteiger partial charge on any atom is -0.497 e. The van der Waals surface area contributed by atoms with Crippen molar-refractivity contribution < 1.29 is 19.0 Å². The highest BCUT2D eigenvalue weighted by atomic mass is 32.2. The van der Waals surface area contributed by atoms with Gasteiger partial charge < -0.3 is 14.2 Å². The molecule has 0 saturated heterocycles. The molecule has 2 aromatic carbocycles. The Labute approximate surface area is 210 Å². The van der Waals surface area contributed by atoms with Crippen molar-refractivity contribution in [3.63, 3.8) is 0 Å².